The molecule has 116 valence electrons. The fourth-order valence-corrected chi connectivity index (χ4v) is 4.69. The maximum Gasteiger partial charge on any atom is 0.218 e. The van der Waals surface area contributed by atoms with Crippen LogP contribution in [0.5, 0.6) is 0 Å². The molecule has 5 nitrogen and oxygen atoms in total. The van der Waals surface area contributed by atoms with Gasteiger partial charge in [-0.2, -0.15) is 4.31 Å². The topological polar surface area (TPSA) is 66.6 Å². The fraction of sp³-hybridized carbons (Fsp3) is 0.500. The summed E-state index contributed by atoms with van der Waals surface area (Å²) < 4.78 is 26.9. The van der Waals surface area contributed by atoms with Gasteiger partial charge in [-0.3, -0.25) is 0 Å². The fourth-order valence-electron chi connectivity index (χ4n) is 2.70. The van der Waals surface area contributed by atoms with Crippen LogP contribution in [0.4, 0.5) is 0 Å². The smallest absolute Gasteiger partial charge is 0.218 e. The van der Waals surface area contributed by atoms with Crippen LogP contribution in [0.1, 0.15) is 18.1 Å². The van der Waals surface area contributed by atoms with E-state index in [1.165, 1.54) is 0 Å². The van der Waals surface area contributed by atoms with Gasteiger partial charge in [-0.25, -0.2) is 8.42 Å². The van der Waals surface area contributed by atoms with Crippen molar-refractivity contribution in [2.45, 2.75) is 18.7 Å². The van der Waals surface area contributed by atoms with E-state index in [1.807, 2.05) is 20.0 Å². The second kappa shape index (κ2) is 6.39. The highest BCUT2D eigenvalue weighted by Gasteiger charge is 2.31. The molecule has 0 saturated carbocycles. The molecule has 1 aliphatic heterocycles. The molecule has 0 radical (unpaired) electrons. The molecular weight excluding hydrogens is 306 g/mol. The van der Waals surface area contributed by atoms with Gasteiger partial charge in [0, 0.05) is 31.2 Å². The lowest BCUT2D eigenvalue weighted by Gasteiger charge is -2.37. The van der Waals surface area contributed by atoms with Crippen LogP contribution >= 0.6 is 12.2 Å². The van der Waals surface area contributed by atoms with Crippen LogP contribution in [0.25, 0.3) is 0 Å². The summed E-state index contributed by atoms with van der Waals surface area (Å²) in [6.45, 7) is 3.96. The largest absolute Gasteiger partial charge is 0.389 e. The van der Waals surface area contributed by atoms with Crippen molar-refractivity contribution in [2.24, 2.45) is 5.73 Å². The highest BCUT2D eigenvalue weighted by atomic mass is 32.2. The van der Waals surface area contributed by atoms with Crippen LogP contribution < -0.4 is 5.73 Å². The minimum atomic E-state index is -3.37. The molecule has 0 spiro atoms. The Morgan fingerprint density at radius 3 is 2.67 bits per heavy atom. The summed E-state index contributed by atoms with van der Waals surface area (Å²) >= 11 is 5.00. The molecule has 0 aromatic heterocycles. The van der Waals surface area contributed by atoms with Crippen molar-refractivity contribution in [1.82, 2.24) is 9.21 Å². The second-order valence-corrected chi connectivity index (χ2v) is 7.86. The van der Waals surface area contributed by atoms with Crippen molar-refractivity contribution in [1.29, 1.82) is 0 Å². The van der Waals surface area contributed by atoms with E-state index in [9.17, 15) is 8.42 Å². The lowest BCUT2D eigenvalue weighted by molar-refractivity contribution is 0.170. The molecular formula is C14H21N3O2S2. The predicted octanol–water partition coefficient (Wildman–Crippen LogP) is 0.786. The summed E-state index contributed by atoms with van der Waals surface area (Å²) in [5.41, 5.74) is 6.97. The average Bonchev–Trinajstić information content (AvgIpc) is 2.37. The van der Waals surface area contributed by atoms with E-state index in [0.29, 0.717) is 17.7 Å². The van der Waals surface area contributed by atoms with Crippen molar-refractivity contribution in [3.8, 4) is 0 Å². The summed E-state index contributed by atoms with van der Waals surface area (Å²) in [6.07, 6.45) is 0. The van der Waals surface area contributed by atoms with E-state index >= 15 is 0 Å². The molecule has 7 heteroatoms. The van der Waals surface area contributed by atoms with Crippen LogP contribution in [0.15, 0.2) is 24.3 Å². The number of hydrogen-bond donors (Lipinski definition) is 1. The number of likely N-dealkylation sites (N-methyl/N-ethyl adjacent to an activating group) is 1. The summed E-state index contributed by atoms with van der Waals surface area (Å²) in [5, 5.41) is 0. The van der Waals surface area contributed by atoms with E-state index in [0.717, 1.165) is 13.1 Å². The van der Waals surface area contributed by atoms with Gasteiger partial charge in [-0.15, -0.1) is 0 Å². The average molecular weight is 327 g/mol. The zero-order chi connectivity index (χ0) is 15.6. The molecule has 1 fully saturated rings. The normalized spacial score (nSPS) is 21.3. The Labute approximate surface area is 131 Å². The Morgan fingerprint density at radius 1 is 1.38 bits per heavy atom. The van der Waals surface area contributed by atoms with Crippen LogP contribution in [0.2, 0.25) is 0 Å². The number of hydrogen-bond acceptors (Lipinski definition) is 4. The zero-order valence-electron chi connectivity index (χ0n) is 12.3. The standard InChI is InChI=1S/C14H21N3O2S2/c1-11-9-16(2)7-8-17(11)21(18,19)10-12-5-3-4-6-13(12)14(15)20/h3-6,11H,7-10H2,1-2H3,(H2,15,20). The monoisotopic (exact) mass is 327 g/mol. The van der Waals surface area contributed by atoms with Gasteiger partial charge >= 0.3 is 0 Å². The molecule has 1 aliphatic rings. The molecule has 1 heterocycles. The molecule has 1 aromatic rings. The van der Waals surface area contributed by atoms with Crippen molar-refractivity contribution in [3.05, 3.63) is 35.4 Å². The van der Waals surface area contributed by atoms with E-state index in [2.05, 4.69) is 4.90 Å². The molecule has 1 unspecified atom stereocenters. The first-order chi connectivity index (χ1) is 9.81. The lowest BCUT2D eigenvalue weighted by Crippen LogP contribution is -2.52. The van der Waals surface area contributed by atoms with Crippen LogP contribution in [-0.2, 0) is 15.8 Å². The third-order valence-electron chi connectivity index (χ3n) is 3.75. The minimum absolute atomic E-state index is 0.0225. The van der Waals surface area contributed by atoms with E-state index in [4.69, 9.17) is 18.0 Å². The van der Waals surface area contributed by atoms with Gasteiger partial charge < -0.3 is 10.6 Å². The first-order valence-corrected chi connectivity index (χ1v) is 8.89. The van der Waals surface area contributed by atoms with Crippen molar-refractivity contribution in [3.63, 3.8) is 0 Å². The number of rotatable bonds is 4. The Hall–Kier alpha value is -1.02. The molecule has 2 rings (SSSR count). The number of thiocarbonyl (C=S) groups is 1. The van der Waals surface area contributed by atoms with E-state index < -0.39 is 10.0 Å². The van der Waals surface area contributed by atoms with Crippen molar-refractivity contribution in [2.75, 3.05) is 26.7 Å². The highest BCUT2D eigenvalue weighted by Crippen LogP contribution is 2.19. The van der Waals surface area contributed by atoms with Crippen molar-refractivity contribution < 1.29 is 8.42 Å². The third-order valence-corrected chi connectivity index (χ3v) is 5.90. The first-order valence-electron chi connectivity index (χ1n) is 6.87. The van der Waals surface area contributed by atoms with Crippen LogP contribution in [0, 0.1) is 0 Å². The third kappa shape index (κ3) is 3.79. The summed E-state index contributed by atoms with van der Waals surface area (Å²) in [5.74, 6) is -0.0609. The van der Waals surface area contributed by atoms with Crippen molar-refractivity contribution >= 4 is 27.2 Å². The Morgan fingerprint density at radius 2 is 2.05 bits per heavy atom. The number of sulfonamides is 1. The molecule has 1 atom stereocenters. The van der Waals surface area contributed by atoms with Gasteiger partial charge in [-0.05, 0) is 19.5 Å². The lowest BCUT2D eigenvalue weighted by atomic mass is 10.1. The second-order valence-electron chi connectivity index (χ2n) is 5.50. The Bertz CT molecular complexity index is 631. The summed E-state index contributed by atoms with van der Waals surface area (Å²) in [6, 6.07) is 7.13. The van der Waals surface area contributed by atoms with Gasteiger partial charge in [0.05, 0.1) is 5.75 Å². The number of benzene rings is 1. The Balaban J connectivity index is 2.24. The molecule has 1 aromatic carbocycles. The number of nitrogens with zero attached hydrogens (tertiary/aromatic N) is 2. The quantitative estimate of drug-likeness (QED) is 0.828. The zero-order valence-corrected chi connectivity index (χ0v) is 14.0. The van der Waals surface area contributed by atoms with Gasteiger partial charge in [0.15, 0.2) is 0 Å². The maximum absolute atomic E-state index is 12.7. The minimum Gasteiger partial charge on any atom is -0.389 e. The van der Waals surface area contributed by atoms with Gasteiger partial charge in [0.2, 0.25) is 10.0 Å². The SMILES string of the molecule is CC1CN(C)CCN1S(=O)(=O)Cc1ccccc1C(N)=S. The molecule has 21 heavy (non-hydrogen) atoms. The van der Waals surface area contributed by atoms with E-state index in [-0.39, 0.29) is 16.8 Å². The maximum atomic E-state index is 12.7. The first kappa shape index (κ1) is 16.4. The number of nitrogens with two attached hydrogens (primary N) is 1. The van der Waals surface area contributed by atoms with Gasteiger partial charge in [0.25, 0.3) is 0 Å². The molecule has 1 saturated heterocycles. The predicted molar refractivity (Wildman–Crippen MR) is 88.6 cm³/mol. The molecule has 0 amide bonds. The molecule has 0 aliphatic carbocycles. The van der Waals surface area contributed by atoms with Gasteiger partial charge in [0.1, 0.15) is 4.99 Å². The highest BCUT2D eigenvalue weighted by molar-refractivity contribution is 7.88. The molecule has 0 bridgehead atoms. The molecule has 2 N–H and O–H groups in total. The van der Waals surface area contributed by atoms with Crippen LogP contribution in [-0.4, -0.2) is 55.3 Å². The summed E-state index contributed by atoms with van der Waals surface area (Å²) in [4.78, 5) is 2.37. The van der Waals surface area contributed by atoms with Gasteiger partial charge in [-0.1, -0.05) is 36.5 Å². The Kier molecular flexibility index (Phi) is 4.98. The summed E-state index contributed by atoms with van der Waals surface area (Å²) in [7, 11) is -1.37. The van der Waals surface area contributed by atoms with Crippen LogP contribution in [0.3, 0.4) is 0 Å². The number of piperazine rings is 1. The van der Waals surface area contributed by atoms with E-state index in [1.54, 1.807) is 22.5 Å².